The van der Waals surface area contributed by atoms with Crippen molar-refractivity contribution in [2.75, 3.05) is 0 Å². The normalized spacial score (nSPS) is 12.5. The highest BCUT2D eigenvalue weighted by Gasteiger charge is 2.19. The van der Waals surface area contributed by atoms with Crippen LogP contribution in [0.15, 0.2) is 54.6 Å². The van der Waals surface area contributed by atoms with Crippen LogP contribution in [0, 0.1) is 5.82 Å². The monoisotopic (exact) mass is 406 g/mol. The maximum absolute atomic E-state index is 15.0. The lowest BCUT2D eigenvalue weighted by Gasteiger charge is -2.22. The first-order chi connectivity index (χ1) is 14.2. The standard InChI is InChI=1S/C27H28ClF/c1-2-3-4-5-6-7-19-8-15-24-21(16-19)9-10-22-17-26(27(29)18-25(22)24)20-11-13-23(28)14-12-20/h8,11-18H,2-7,9-10H2,1H3. The second-order valence-electron chi connectivity index (χ2n) is 8.15. The van der Waals surface area contributed by atoms with E-state index in [0.29, 0.717) is 10.6 Å². The van der Waals surface area contributed by atoms with Gasteiger partial charge in [-0.1, -0.05) is 74.5 Å². The topological polar surface area (TPSA) is 0 Å². The lowest BCUT2D eigenvalue weighted by molar-refractivity contribution is 0.630. The van der Waals surface area contributed by atoms with Crippen molar-refractivity contribution in [2.45, 2.75) is 58.3 Å². The highest BCUT2D eigenvalue weighted by Crippen LogP contribution is 2.38. The Morgan fingerprint density at radius 2 is 1.48 bits per heavy atom. The summed E-state index contributed by atoms with van der Waals surface area (Å²) in [4.78, 5) is 0. The van der Waals surface area contributed by atoms with E-state index in [1.807, 2.05) is 30.3 Å². The third-order valence-electron chi connectivity index (χ3n) is 6.04. The van der Waals surface area contributed by atoms with E-state index < -0.39 is 0 Å². The molecule has 3 aromatic carbocycles. The molecule has 150 valence electrons. The maximum atomic E-state index is 15.0. The van der Waals surface area contributed by atoms with Crippen molar-refractivity contribution in [2.24, 2.45) is 0 Å². The number of hydrogen-bond donors (Lipinski definition) is 0. The first-order valence-corrected chi connectivity index (χ1v) is 11.2. The number of aryl methyl sites for hydroxylation is 3. The van der Waals surface area contributed by atoms with Gasteiger partial charge in [-0.2, -0.15) is 0 Å². The summed E-state index contributed by atoms with van der Waals surface area (Å²) in [6.07, 6.45) is 9.67. The summed E-state index contributed by atoms with van der Waals surface area (Å²) in [6.45, 7) is 2.25. The molecule has 0 aromatic heterocycles. The van der Waals surface area contributed by atoms with E-state index >= 15 is 0 Å². The molecule has 0 amide bonds. The van der Waals surface area contributed by atoms with Gasteiger partial charge in [0, 0.05) is 10.6 Å². The van der Waals surface area contributed by atoms with Crippen LogP contribution in [-0.2, 0) is 19.3 Å². The third-order valence-corrected chi connectivity index (χ3v) is 6.29. The molecule has 0 bridgehead atoms. The Bertz CT molecular complexity index is 988. The zero-order valence-corrected chi connectivity index (χ0v) is 17.9. The predicted octanol–water partition coefficient (Wildman–Crippen LogP) is 8.42. The van der Waals surface area contributed by atoms with Crippen LogP contribution >= 0.6 is 11.6 Å². The Morgan fingerprint density at radius 1 is 0.759 bits per heavy atom. The molecule has 0 aliphatic heterocycles. The summed E-state index contributed by atoms with van der Waals surface area (Å²) in [6, 6.07) is 17.9. The number of fused-ring (bicyclic) bond motifs is 3. The molecule has 0 spiro atoms. The summed E-state index contributed by atoms with van der Waals surface area (Å²) in [5, 5.41) is 0.669. The van der Waals surface area contributed by atoms with E-state index in [-0.39, 0.29) is 5.82 Å². The van der Waals surface area contributed by atoms with Crippen molar-refractivity contribution < 1.29 is 4.39 Å². The fourth-order valence-corrected chi connectivity index (χ4v) is 4.53. The Balaban J connectivity index is 1.57. The fraction of sp³-hybridized carbons (Fsp3) is 0.333. The molecule has 1 aliphatic carbocycles. The zero-order valence-electron chi connectivity index (χ0n) is 17.1. The van der Waals surface area contributed by atoms with Gasteiger partial charge in [0.15, 0.2) is 0 Å². The second-order valence-corrected chi connectivity index (χ2v) is 8.59. The highest BCUT2D eigenvalue weighted by molar-refractivity contribution is 6.30. The van der Waals surface area contributed by atoms with E-state index in [1.165, 1.54) is 54.4 Å². The van der Waals surface area contributed by atoms with Crippen molar-refractivity contribution in [3.05, 3.63) is 82.1 Å². The molecule has 2 heteroatoms. The molecule has 0 saturated heterocycles. The minimum Gasteiger partial charge on any atom is -0.206 e. The minimum atomic E-state index is -0.168. The van der Waals surface area contributed by atoms with Gasteiger partial charge in [0.1, 0.15) is 5.82 Å². The summed E-state index contributed by atoms with van der Waals surface area (Å²) >= 11 is 5.98. The summed E-state index contributed by atoms with van der Waals surface area (Å²) in [7, 11) is 0. The van der Waals surface area contributed by atoms with Gasteiger partial charge in [-0.05, 0) is 83.3 Å². The molecule has 1 aliphatic rings. The van der Waals surface area contributed by atoms with Crippen LogP contribution in [0.25, 0.3) is 22.3 Å². The minimum absolute atomic E-state index is 0.168. The lowest BCUT2D eigenvalue weighted by atomic mass is 9.83. The summed E-state index contributed by atoms with van der Waals surface area (Å²) in [5.41, 5.74) is 7.80. The van der Waals surface area contributed by atoms with Gasteiger partial charge in [0.25, 0.3) is 0 Å². The van der Waals surface area contributed by atoms with Crippen molar-refractivity contribution in [1.82, 2.24) is 0 Å². The van der Waals surface area contributed by atoms with Crippen molar-refractivity contribution in [1.29, 1.82) is 0 Å². The van der Waals surface area contributed by atoms with Gasteiger partial charge in [-0.3, -0.25) is 0 Å². The Hall–Kier alpha value is -2.12. The van der Waals surface area contributed by atoms with Gasteiger partial charge < -0.3 is 0 Å². The van der Waals surface area contributed by atoms with Crippen molar-refractivity contribution >= 4 is 11.6 Å². The van der Waals surface area contributed by atoms with Crippen LogP contribution in [-0.4, -0.2) is 0 Å². The van der Waals surface area contributed by atoms with Gasteiger partial charge >= 0.3 is 0 Å². The number of hydrogen-bond acceptors (Lipinski definition) is 0. The average molecular weight is 407 g/mol. The van der Waals surface area contributed by atoms with Crippen molar-refractivity contribution in [3.8, 4) is 22.3 Å². The second kappa shape index (κ2) is 9.13. The predicted molar refractivity (Wildman–Crippen MR) is 122 cm³/mol. The summed E-state index contributed by atoms with van der Waals surface area (Å²) < 4.78 is 15.0. The molecule has 0 nitrogen and oxygen atoms in total. The Morgan fingerprint density at radius 3 is 2.24 bits per heavy atom. The van der Waals surface area contributed by atoms with Gasteiger partial charge in [0.05, 0.1) is 0 Å². The summed E-state index contributed by atoms with van der Waals surface area (Å²) in [5.74, 6) is -0.168. The van der Waals surface area contributed by atoms with Crippen molar-refractivity contribution in [3.63, 3.8) is 0 Å². The molecule has 0 N–H and O–H groups in total. The molecular weight excluding hydrogens is 379 g/mol. The molecular formula is C27H28ClF. The quantitative estimate of drug-likeness (QED) is 0.345. The van der Waals surface area contributed by atoms with Crippen LogP contribution in [0.4, 0.5) is 4.39 Å². The van der Waals surface area contributed by atoms with E-state index in [9.17, 15) is 4.39 Å². The average Bonchev–Trinajstić information content (AvgIpc) is 2.73. The molecule has 0 saturated carbocycles. The largest absolute Gasteiger partial charge is 0.206 e. The van der Waals surface area contributed by atoms with E-state index in [1.54, 1.807) is 6.07 Å². The van der Waals surface area contributed by atoms with Crippen LogP contribution < -0.4 is 0 Å². The van der Waals surface area contributed by atoms with Crippen LogP contribution in [0.2, 0.25) is 5.02 Å². The van der Waals surface area contributed by atoms with E-state index in [0.717, 1.165) is 30.4 Å². The van der Waals surface area contributed by atoms with Crippen LogP contribution in [0.1, 0.15) is 55.7 Å². The first-order valence-electron chi connectivity index (χ1n) is 10.9. The molecule has 0 heterocycles. The number of halogens is 2. The maximum Gasteiger partial charge on any atom is 0.131 e. The highest BCUT2D eigenvalue weighted by atomic mass is 35.5. The molecule has 0 radical (unpaired) electrons. The fourth-order valence-electron chi connectivity index (χ4n) is 4.40. The lowest BCUT2D eigenvalue weighted by Crippen LogP contribution is -2.06. The van der Waals surface area contributed by atoms with Gasteiger partial charge in [-0.25, -0.2) is 4.39 Å². The first kappa shape index (κ1) is 20.2. The number of rotatable bonds is 7. The molecule has 0 atom stereocenters. The van der Waals surface area contributed by atoms with Gasteiger partial charge in [0.2, 0.25) is 0 Å². The Labute approximate surface area is 178 Å². The van der Waals surface area contributed by atoms with E-state index in [4.69, 9.17) is 11.6 Å². The molecule has 29 heavy (non-hydrogen) atoms. The third kappa shape index (κ3) is 4.56. The van der Waals surface area contributed by atoms with Gasteiger partial charge in [-0.15, -0.1) is 0 Å². The SMILES string of the molecule is CCCCCCCc1ccc2c(c1)CCc1cc(-c3ccc(Cl)cc3)c(F)cc1-2. The molecule has 0 fully saturated rings. The molecule has 4 rings (SSSR count). The number of benzene rings is 3. The van der Waals surface area contributed by atoms with E-state index in [2.05, 4.69) is 25.1 Å². The zero-order chi connectivity index (χ0) is 20.2. The molecule has 3 aromatic rings. The Kier molecular flexibility index (Phi) is 6.35. The molecule has 0 unspecified atom stereocenters. The number of unbranched alkanes of at least 4 members (excludes halogenated alkanes) is 4. The van der Waals surface area contributed by atoms with Crippen LogP contribution in [0.3, 0.4) is 0 Å². The smallest absolute Gasteiger partial charge is 0.131 e. The van der Waals surface area contributed by atoms with Crippen LogP contribution in [0.5, 0.6) is 0 Å².